The van der Waals surface area contributed by atoms with E-state index in [1.54, 1.807) is 0 Å². The Morgan fingerprint density at radius 1 is 0.651 bits per heavy atom. The Kier molecular flexibility index (Phi) is 12.1. The molecule has 7 heteroatoms. The van der Waals surface area contributed by atoms with Crippen molar-refractivity contribution in [2.75, 3.05) is 13.2 Å². The number of halogens is 1. The summed E-state index contributed by atoms with van der Waals surface area (Å²) in [6.07, 6.45) is 0. The second-order valence-corrected chi connectivity index (χ2v) is 13.5. The first kappa shape index (κ1) is 34.4. The molecule has 2 atom stereocenters. The first-order chi connectivity index (χ1) is 20.2. The maximum Gasteiger partial charge on any atom is 0.252 e. The van der Waals surface area contributed by atoms with Gasteiger partial charge in [0, 0.05) is 11.1 Å². The van der Waals surface area contributed by atoms with E-state index in [0.717, 1.165) is 48.1 Å². The van der Waals surface area contributed by atoms with Gasteiger partial charge in [0.2, 0.25) is 0 Å². The Morgan fingerprint density at radius 2 is 0.977 bits per heavy atom. The van der Waals surface area contributed by atoms with Crippen LogP contribution in [0.4, 0.5) is 0 Å². The summed E-state index contributed by atoms with van der Waals surface area (Å²) in [5.74, 6) is 1.56. The highest BCUT2D eigenvalue weighted by Gasteiger charge is 2.23. The lowest BCUT2D eigenvalue weighted by Crippen LogP contribution is -2.43. The molecular weight excluding hydrogens is 651 g/mol. The minimum atomic E-state index is -0.179. The first-order valence-corrected chi connectivity index (χ1v) is 16.1. The van der Waals surface area contributed by atoms with Crippen molar-refractivity contribution in [3.8, 4) is 11.5 Å². The lowest BCUT2D eigenvalue weighted by Gasteiger charge is -2.25. The molecule has 0 saturated carbocycles. The lowest BCUT2D eigenvalue weighted by atomic mass is 9.98. The van der Waals surface area contributed by atoms with Crippen molar-refractivity contribution in [1.82, 2.24) is 10.6 Å². The minimum Gasteiger partial charge on any atom is -0.490 e. The summed E-state index contributed by atoms with van der Waals surface area (Å²) in [4.78, 5) is 26.5. The number of amides is 2. The van der Waals surface area contributed by atoms with E-state index < -0.39 is 0 Å². The highest BCUT2D eigenvalue weighted by molar-refractivity contribution is 14.1. The van der Waals surface area contributed by atoms with Crippen molar-refractivity contribution in [1.29, 1.82) is 0 Å². The number of benzene rings is 3. The van der Waals surface area contributed by atoms with Gasteiger partial charge in [-0.15, -0.1) is 0 Å². The van der Waals surface area contributed by atoms with Crippen molar-refractivity contribution in [2.24, 2.45) is 11.8 Å². The average molecular weight is 699 g/mol. The zero-order valence-electron chi connectivity index (χ0n) is 27.3. The van der Waals surface area contributed by atoms with E-state index in [1.165, 1.54) is 0 Å². The number of carbonyl (C=O) groups excluding carboxylic acids is 2. The fourth-order valence-corrected chi connectivity index (χ4v) is 6.10. The van der Waals surface area contributed by atoms with Crippen molar-refractivity contribution in [3.63, 3.8) is 0 Å². The van der Waals surface area contributed by atoms with E-state index in [0.29, 0.717) is 24.7 Å². The fourth-order valence-electron chi connectivity index (χ4n) is 5.43. The molecule has 232 valence electrons. The summed E-state index contributed by atoms with van der Waals surface area (Å²) in [5.41, 5.74) is 7.61. The average Bonchev–Trinajstić information content (AvgIpc) is 2.88. The fraction of sp³-hybridized carbons (Fsp3) is 0.444. The van der Waals surface area contributed by atoms with Gasteiger partial charge in [-0.3, -0.25) is 9.59 Å². The number of nitrogens with one attached hydrogen (secondary N) is 2. The Hall–Kier alpha value is -3.07. The third kappa shape index (κ3) is 8.97. The predicted molar refractivity (Wildman–Crippen MR) is 184 cm³/mol. The molecule has 0 heterocycles. The molecule has 3 aromatic carbocycles. The molecule has 0 spiro atoms. The smallest absolute Gasteiger partial charge is 0.252 e. The number of carbonyl (C=O) groups is 2. The number of ether oxygens (including phenoxy) is 2. The zero-order chi connectivity index (χ0) is 32.0. The Balaban J connectivity index is 1.68. The molecular formula is C36H47IN2O4. The van der Waals surface area contributed by atoms with Gasteiger partial charge in [0.05, 0.1) is 15.7 Å². The van der Waals surface area contributed by atoms with Gasteiger partial charge in [-0.05, 0) is 110 Å². The van der Waals surface area contributed by atoms with Crippen LogP contribution in [0.3, 0.4) is 0 Å². The second-order valence-electron chi connectivity index (χ2n) is 12.4. The molecule has 0 aliphatic rings. The Morgan fingerprint density at radius 3 is 1.28 bits per heavy atom. The molecule has 3 rings (SSSR count). The van der Waals surface area contributed by atoms with Gasteiger partial charge >= 0.3 is 0 Å². The standard InChI is InChI=1S/C36H47IN2O4/c1-20(2)28(38-35(40)32-24(7)14-22(5)15-25(32)8)18-42-30-12-11-13-31(34(30)37)43-19-29(21(3)4)39-36(41)33-26(9)16-23(6)17-27(33)10/h11-17,20-21,28-29H,18-19H2,1-10H3,(H,38,40)(H,39,41)/t28-,29-/m1/s1. The highest BCUT2D eigenvalue weighted by atomic mass is 127. The molecule has 3 aromatic rings. The van der Waals surface area contributed by atoms with Crippen LogP contribution in [0.15, 0.2) is 42.5 Å². The maximum absolute atomic E-state index is 13.2. The van der Waals surface area contributed by atoms with Crippen LogP contribution in [0, 0.1) is 56.9 Å². The van der Waals surface area contributed by atoms with Crippen LogP contribution in [0.2, 0.25) is 0 Å². The molecule has 0 aliphatic carbocycles. The zero-order valence-corrected chi connectivity index (χ0v) is 29.4. The van der Waals surface area contributed by atoms with Gasteiger partial charge in [0.25, 0.3) is 11.8 Å². The van der Waals surface area contributed by atoms with Crippen LogP contribution in [-0.2, 0) is 0 Å². The largest absolute Gasteiger partial charge is 0.490 e. The van der Waals surface area contributed by atoms with Crippen molar-refractivity contribution in [3.05, 3.63) is 90.5 Å². The van der Waals surface area contributed by atoms with Gasteiger partial charge in [-0.1, -0.05) is 69.2 Å². The summed E-state index contributed by atoms with van der Waals surface area (Å²) >= 11 is 2.24. The number of hydrogen-bond acceptors (Lipinski definition) is 4. The third-order valence-electron chi connectivity index (χ3n) is 7.82. The topological polar surface area (TPSA) is 76.7 Å². The number of rotatable bonds is 12. The van der Waals surface area contributed by atoms with Gasteiger partial charge in [0.1, 0.15) is 24.7 Å². The molecule has 2 amide bonds. The van der Waals surface area contributed by atoms with Gasteiger partial charge in [-0.25, -0.2) is 0 Å². The van der Waals surface area contributed by atoms with Crippen LogP contribution in [0.25, 0.3) is 0 Å². The van der Waals surface area contributed by atoms with E-state index in [-0.39, 0.29) is 35.7 Å². The minimum absolute atomic E-state index is 0.0816. The quantitative estimate of drug-likeness (QED) is 0.189. The van der Waals surface area contributed by atoms with Crippen LogP contribution >= 0.6 is 22.6 Å². The lowest BCUT2D eigenvalue weighted by molar-refractivity contribution is 0.0897. The molecule has 0 saturated heterocycles. The summed E-state index contributed by atoms with van der Waals surface area (Å²) in [5, 5.41) is 6.39. The van der Waals surface area contributed by atoms with E-state index in [2.05, 4.69) is 60.9 Å². The summed E-state index contributed by atoms with van der Waals surface area (Å²) in [6, 6.07) is 13.5. The monoisotopic (exact) mass is 698 g/mol. The molecule has 0 bridgehead atoms. The van der Waals surface area contributed by atoms with E-state index >= 15 is 0 Å². The molecule has 43 heavy (non-hydrogen) atoms. The number of hydrogen-bond donors (Lipinski definition) is 2. The van der Waals surface area contributed by atoms with Gasteiger partial charge < -0.3 is 20.1 Å². The highest BCUT2D eigenvalue weighted by Crippen LogP contribution is 2.31. The maximum atomic E-state index is 13.2. The van der Waals surface area contributed by atoms with Crippen molar-refractivity contribution in [2.45, 2.75) is 81.3 Å². The number of aryl methyl sites for hydroxylation is 6. The Labute approximate surface area is 271 Å². The molecule has 0 unspecified atom stereocenters. The van der Waals surface area contributed by atoms with Crippen LogP contribution < -0.4 is 20.1 Å². The molecule has 0 aromatic heterocycles. The van der Waals surface area contributed by atoms with E-state index in [4.69, 9.17) is 9.47 Å². The van der Waals surface area contributed by atoms with Crippen LogP contribution in [0.1, 0.15) is 81.8 Å². The van der Waals surface area contributed by atoms with E-state index in [9.17, 15) is 9.59 Å². The molecule has 0 radical (unpaired) electrons. The van der Waals surface area contributed by atoms with Gasteiger partial charge in [-0.2, -0.15) is 0 Å². The summed E-state index contributed by atoms with van der Waals surface area (Å²) in [7, 11) is 0. The summed E-state index contributed by atoms with van der Waals surface area (Å²) < 4.78 is 13.4. The predicted octanol–water partition coefficient (Wildman–Crippen LogP) is 7.81. The third-order valence-corrected chi connectivity index (χ3v) is 8.88. The van der Waals surface area contributed by atoms with Gasteiger partial charge in [0.15, 0.2) is 0 Å². The van der Waals surface area contributed by atoms with E-state index in [1.807, 2.05) is 84.0 Å². The first-order valence-electron chi connectivity index (χ1n) is 15.0. The SMILES string of the molecule is Cc1cc(C)c(C(=O)N[C@H](COc2cccc(OC[C@@H](NC(=O)c3c(C)cc(C)cc3C)C(C)C)c2I)C(C)C)c(C)c1. The second kappa shape index (κ2) is 15.1. The van der Waals surface area contributed by atoms with Crippen LogP contribution in [0.5, 0.6) is 11.5 Å². The van der Waals surface area contributed by atoms with Crippen LogP contribution in [-0.4, -0.2) is 37.1 Å². The van der Waals surface area contributed by atoms with Crippen molar-refractivity contribution < 1.29 is 19.1 Å². The Bertz CT molecular complexity index is 1310. The molecule has 2 N–H and O–H groups in total. The molecule has 6 nitrogen and oxygen atoms in total. The van der Waals surface area contributed by atoms with Crippen molar-refractivity contribution >= 4 is 34.4 Å². The molecule has 0 aliphatic heterocycles. The summed E-state index contributed by atoms with van der Waals surface area (Å²) in [6.45, 7) is 20.9. The molecule has 0 fully saturated rings. The normalized spacial score (nSPS) is 12.7.